The first-order chi connectivity index (χ1) is 25.5. The highest BCUT2D eigenvalue weighted by atomic mass is 32.1. The van der Waals surface area contributed by atoms with E-state index in [0.717, 1.165) is 80.5 Å². The van der Waals surface area contributed by atoms with Gasteiger partial charge in [0, 0.05) is 66.7 Å². The van der Waals surface area contributed by atoms with Gasteiger partial charge >= 0.3 is 5.97 Å². The van der Waals surface area contributed by atoms with Crippen LogP contribution in [0.15, 0.2) is 104 Å². The summed E-state index contributed by atoms with van der Waals surface area (Å²) in [5, 5.41) is 21.9. The number of allylic oxidation sites excluding steroid dienone is 7. The van der Waals surface area contributed by atoms with Crippen LogP contribution in [0.4, 0.5) is 0 Å². The Balaban J connectivity index is 0.000000164. The number of Topliss-reactive ketones (excluding diaryl/α,β-unsaturated/α-hetero) is 3. The molecular weight excluding hydrogens is 705 g/mol. The molecule has 2 aromatic heterocycles. The summed E-state index contributed by atoms with van der Waals surface area (Å²) >= 11 is 3.28. The molecule has 0 amide bonds. The van der Waals surface area contributed by atoms with Gasteiger partial charge in [-0.25, -0.2) is 4.79 Å². The van der Waals surface area contributed by atoms with Crippen molar-refractivity contribution in [3.05, 3.63) is 115 Å². The highest BCUT2D eigenvalue weighted by Crippen LogP contribution is 2.51. The summed E-state index contributed by atoms with van der Waals surface area (Å²) in [6.45, 7) is 8.45. The molecule has 0 radical (unpaired) electrons. The second-order valence-electron chi connectivity index (χ2n) is 14.3. The second kappa shape index (κ2) is 15.0. The summed E-state index contributed by atoms with van der Waals surface area (Å²) in [6.07, 6.45) is 4.22. The standard InChI is InChI=1S/C23H23NO2S.C20H21NO4S/c1-12-19(13(2)25)20(17-11-27-18-6-4-3-5-16(17)18)21(23(26)15-9-10-15)22(24-12)14-7-8-14;1-11-17(13(3)23)19(15-10-26-16-7-5-4-6-14(15)16)18(12(2)21-11)20(24)25-9-8-22/h3-6,11,14-15,20,24H,7-10H2,1-2H3;4-7,10,19,21-22H,8-9H2,1-3H3. The zero-order chi connectivity index (χ0) is 37.6. The zero-order valence-electron chi connectivity index (χ0n) is 30.6. The topological polar surface area (TPSA) is 122 Å². The Bertz CT molecular complexity index is 2290. The van der Waals surface area contributed by atoms with Crippen molar-refractivity contribution in [3.63, 3.8) is 0 Å². The number of carbonyl (C=O) groups is 4. The van der Waals surface area contributed by atoms with E-state index in [9.17, 15) is 19.2 Å². The van der Waals surface area contributed by atoms with Gasteiger partial charge in [0.1, 0.15) is 6.61 Å². The van der Waals surface area contributed by atoms with Gasteiger partial charge in [0.25, 0.3) is 0 Å². The van der Waals surface area contributed by atoms with Gasteiger partial charge in [0.2, 0.25) is 0 Å². The van der Waals surface area contributed by atoms with Crippen molar-refractivity contribution in [2.45, 2.75) is 72.1 Å². The summed E-state index contributed by atoms with van der Waals surface area (Å²) in [5.74, 6) is -0.425. The lowest BCUT2D eigenvalue weighted by Gasteiger charge is -2.32. The Hall–Kier alpha value is -4.64. The number of rotatable bonds is 10. The monoisotopic (exact) mass is 748 g/mol. The van der Waals surface area contributed by atoms with Crippen LogP contribution in [0, 0.1) is 11.8 Å². The van der Waals surface area contributed by atoms with Crippen molar-refractivity contribution >= 4 is 66.2 Å². The normalized spacial score (nSPS) is 20.3. The van der Waals surface area contributed by atoms with Crippen molar-refractivity contribution in [2.75, 3.05) is 13.2 Å². The second-order valence-corrected chi connectivity index (χ2v) is 16.1. The smallest absolute Gasteiger partial charge is 0.336 e. The van der Waals surface area contributed by atoms with Gasteiger partial charge in [-0.2, -0.15) is 0 Å². The SMILES string of the molecule is CC(=O)C1=C(C)NC(C)=C(C(=O)OCCO)C1c1csc2ccccc12.CC(=O)C1=C(C)NC(C2CC2)=C(C(=O)C2CC2)C1c1csc2ccccc12. The number of aliphatic hydroxyl groups excluding tert-OH is 1. The maximum absolute atomic E-state index is 13.4. The Labute approximate surface area is 317 Å². The van der Waals surface area contributed by atoms with Crippen LogP contribution in [0.25, 0.3) is 20.2 Å². The van der Waals surface area contributed by atoms with Gasteiger partial charge in [0.15, 0.2) is 17.3 Å². The number of esters is 1. The van der Waals surface area contributed by atoms with Gasteiger partial charge in [-0.15, -0.1) is 22.7 Å². The minimum absolute atomic E-state index is 0.0521. The van der Waals surface area contributed by atoms with Crippen LogP contribution in [0.5, 0.6) is 0 Å². The van der Waals surface area contributed by atoms with Crippen molar-refractivity contribution in [1.82, 2.24) is 10.6 Å². The van der Waals surface area contributed by atoms with Crippen molar-refractivity contribution in [2.24, 2.45) is 11.8 Å². The number of dihydropyridines is 2. The molecule has 8 rings (SSSR count). The van der Waals surface area contributed by atoms with Crippen LogP contribution < -0.4 is 10.6 Å². The molecule has 2 fully saturated rings. The van der Waals surface area contributed by atoms with E-state index >= 15 is 0 Å². The lowest BCUT2D eigenvalue weighted by Crippen LogP contribution is -2.32. The molecule has 274 valence electrons. The summed E-state index contributed by atoms with van der Waals surface area (Å²) in [5.41, 5.74) is 8.06. The number of aliphatic hydroxyl groups is 1. The fourth-order valence-corrected chi connectivity index (χ4v) is 9.84. The number of benzene rings is 2. The number of thiophene rings is 2. The van der Waals surface area contributed by atoms with E-state index in [1.165, 1.54) is 11.6 Å². The average molecular weight is 749 g/mol. The third-order valence-corrected chi connectivity index (χ3v) is 12.5. The van der Waals surface area contributed by atoms with Crippen LogP contribution in [0.2, 0.25) is 0 Å². The number of hydrogen-bond acceptors (Lipinski definition) is 10. The van der Waals surface area contributed by atoms with Gasteiger partial charge < -0.3 is 20.5 Å². The van der Waals surface area contributed by atoms with Gasteiger partial charge in [-0.3, -0.25) is 14.4 Å². The predicted molar refractivity (Wildman–Crippen MR) is 210 cm³/mol. The molecule has 53 heavy (non-hydrogen) atoms. The van der Waals surface area contributed by atoms with E-state index in [2.05, 4.69) is 28.1 Å². The molecule has 3 N–H and O–H groups in total. The van der Waals surface area contributed by atoms with E-state index in [-0.39, 0.29) is 42.4 Å². The van der Waals surface area contributed by atoms with Crippen LogP contribution in [-0.4, -0.2) is 41.6 Å². The maximum atomic E-state index is 13.4. The molecule has 4 aromatic rings. The molecule has 2 unspecified atom stereocenters. The number of ketones is 3. The molecule has 8 nitrogen and oxygen atoms in total. The Morgan fingerprint density at radius 3 is 1.68 bits per heavy atom. The predicted octanol–water partition coefficient (Wildman–Crippen LogP) is 8.35. The van der Waals surface area contributed by atoms with E-state index in [1.807, 2.05) is 55.6 Å². The summed E-state index contributed by atoms with van der Waals surface area (Å²) in [6, 6.07) is 16.3. The lowest BCUT2D eigenvalue weighted by atomic mass is 9.76. The molecule has 2 aliphatic heterocycles. The number of nitrogens with one attached hydrogen (secondary N) is 2. The van der Waals surface area contributed by atoms with Crippen LogP contribution >= 0.6 is 22.7 Å². The Morgan fingerprint density at radius 1 is 0.698 bits per heavy atom. The molecule has 2 atom stereocenters. The first kappa shape index (κ1) is 36.7. The molecule has 2 saturated carbocycles. The molecule has 2 aromatic carbocycles. The van der Waals surface area contributed by atoms with Crippen molar-refractivity contribution in [1.29, 1.82) is 0 Å². The molecule has 10 heteroatoms. The molecule has 0 saturated heterocycles. The van der Waals surface area contributed by atoms with Crippen LogP contribution in [-0.2, 0) is 23.9 Å². The van der Waals surface area contributed by atoms with E-state index < -0.39 is 11.9 Å². The molecule has 0 spiro atoms. The quantitative estimate of drug-likeness (QED) is 0.139. The van der Waals surface area contributed by atoms with Crippen LogP contribution in [0.1, 0.15) is 83.3 Å². The fraction of sp³-hybridized carbons (Fsp3) is 0.349. The first-order valence-corrected chi connectivity index (χ1v) is 19.9. The summed E-state index contributed by atoms with van der Waals surface area (Å²) < 4.78 is 7.49. The zero-order valence-corrected chi connectivity index (χ0v) is 32.3. The average Bonchev–Trinajstić information content (AvgIpc) is 4.07. The van der Waals surface area contributed by atoms with Crippen molar-refractivity contribution in [3.8, 4) is 0 Å². The third-order valence-electron chi connectivity index (χ3n) is 10.5. The van der Waals surface area contributed by atoms with Gasteiger partial charge in [0.05, 0.1) is 12.2 Å². The third kappa shape index (κ3) is 7.07. The Morgan fingerprint density at radius 2 is 1.19 bits per heavy atom. The maximum Gasteiger partial charge on any atom is 0.336 e. The van der Waals surface area contributed by atoms with Gasteiger partial charge in [-0.1, -0.05) is 36.4 Å². The number of fused-ring (bicyclic) bond motifs is 2. The van der Waals surface area contributed by atoms with Crippen LogP contribution in [0.3, 0.4) is 0 Å². The molecular formula is C43H44N2O6S2. The van der Waals surface area contributed by atoms with E-state index in [1.54, 1.807) is 36.5 Å². The van der Waals surface area contributed by atoms with Gasteiger partial charge in [-0.05, 0) is 111 Å². The molecule has 0 bridgehead atoms. The molecule has 4 aliphatic rings. The largest absolute Gasteiger partial charge is 0.460 e. The number of hydrogen-bond donors (Lipinski definition) is 3. The molecule has 4 heterocycles. The fourth-order valence-electron chi connectivity index (χ4n) is 7.87. The minimum atomic E-state index is -0.518. The van der Waals surface area contributed by atoms with E-state index in [4.69, 9.17) is 9.84 Å². The minimum Gasteiger partial charge on any atom is -0.460 e. The molecule has 2 aliphatic carbocycles. The highest BCUT2D eigenvalue weighted by Gasteiger charge is 2.45. The summed E-state index contributed by atoms with van der Waals surface area (Å²) in [7, 11) is 0. The number of carbonyl (C=O) groups excluding carboxylic acids is 4. The lowest BCUT2D eigenvalue weighted by molar-refractivity contribution is -0.140. The number of ether oxygens (including phenoxy) is 1. The Kier molecular flexibility index (Phi) is 10.4. The first-order valence-electron chi connectivity index (χ1n) is 18.2. The van der Waals surface area contributed by atoms with Crippen molar-refractivity contribution < 1.29 is 29.0 Å². The van der Waals surface area contributed by atoms with E-state index in [0.29, 0.717) is 22.8 Å². The highest BCUT2D eigenvalue weighted by molar-refractivity contribution is 7.17. The summed E-state index contributed by atoms with van der Waals surface area (Å²) in [4.78, 5) is 51.2.